The number of carbonyl (C=O) groups is 1. The van der Waals surface area contributed by atoms with Crippen molar-refractivity contribution in [2.75, 3.05) is 18.2 Å². The number of anilines is 1. The Balaban J connectivity index is 1.99. The molecule has 1 aromatic carbocycles. The number of urea groups is 1. The molecule has 2 rings (SSSR count). The molecule has 1 fully saturated rings. The summed E-state index contributed by atoms with van der Waals surface area (Å²) >= 11 is 1.31. The molecular weight excluding hydrogens is 279 g/mol. The van der Waals surface area contributed by atoms with Gasteiger partial charge < -0.3 is 15.7 Å². The van der Waals surface area contributed by atoms with E-state index in [-0.39, 0.29) is 12.4 Å². The van der Waals surface area contributed by atoms with Crippen molar-refractivity contribution in [1.82, 2.24) is 5.32 Å². The molecule has 2 amide bonds. The quantitative estimate of drug-likeness (QED) is 0.733. The zero-order valence-electron chi connectivity index (χ0n) is 11.6. The molecule has 0 unspecified atom stereocenters. The Morgan fingerprint density at radius 3 is 2.75 bits per heavy atom. The summed E-state index contributed by atoms with van der Waals surface area (Å²) in [6.45, 7) is 1.71. The summed E-state index contributed by atoms with van der Waals surface area (Å²) in [4.78, 5) is 12.5. The molecule has 4 nitrogen and oxygen atoms in total. The van der Waals surface area contributed by atoms with Gasteiger partial charge in [0.15, 0.2) is 0 Å². The van der Waals surface area contributed by atoms with Gasteiger partial charge in [-0.05, 0) is 50.1 Å². The van der Waals surface area contributed by atoms with Crippen LogP contribution in [-0.4, -0.2) is 29.5 Å². The van der Waals surface area contributed by atoms with Gasteiger partial charge in [0.1, 0.15) is 5.82 Å². The Labute approximate surface area is 122 Å². The normalized spacial score (nSPS) is 17.4. The molecule has 0 spiro atoms. The molecule has 0 aliphatic heterocycles. The van der Waals surface area contributed by atoms with Crippen LogP contribution in [0.4, 0.5) is 14.9 Å². The molecule has 0 bridgehead atoms. The SMILES string of the molecule is CSc1ccc(NC(=O)N[C@](C)(CO)C2CC2)cc1F. The van der Waals surface area contributed by atoms with Gasteiger partial charge in [0.05, 0.1) is 12.1 Å². The van der Waals surface area contributed by atoms with Gasteiger partial charge in [-0.1, -0.05) is 0 Å². The van der Waals surface area contributed by atoms with E-state index in [1.165, 1.54) is 17.8 Å². The largest absolute Gasteiger partial charge is 0.394 e. The van der Waals surface area contributed by atoms with Crippen molar-refractivity contribution in [3.63, 3.8) is 0 Å². The predicted molar refractivity (Wildman–Crippen MR) is 78.6 cm³/mol. The van der Waals surface area contributed by atoms with Gasteiger partial charge in [-0.2, -0.15) is 0 Å². The second-order valence-electron chi connectivity index (χ2n) is 5.28. The van der Waals surface area contributed by atoms with Gasteiger partial charge >= 0.3 is 6.03 Å². The van der Waals surface area contributed by atoms with E-state index in [0.29, 0.717) is 16.5 Å². The first kappa shape index (κ1) is 15.1. The van der Waals surface area contributed by atoms with Crippen molar-refractivity contribution in [1.29, 1.82) is 0 Å². The average molecular weight is 298 g/mol. The first-order valence-electron chi connectivity index (χ1n) is 6.52. The van der Waals surface area contributed by atoms with Crippen molar-refractivity contribution >= 4 is 23.5 Å². The highest BCUT2D eigenvalue weighted by molar-refractivity contribution is 7.98. The molecule has 1 saturated carbocycles. The van der Waals surface area contributed by atoms with E-state index in [1.54, 1.807) is 18.4 Å². The summed E-state index contributed by atoms with van der Waals surface area (Å²) in [6.07, 6.45) is 3.81. The van der Waals surface area contributed by atoms with Gasteiger partial charge in [0, 0.05) is 10.6 Å². The van der Waals surface area contributed by atoms with Crippen LogP contribution < -0.4 is 10.6 Å². The van der Waals surface area contributed by atoms with Crippen LogP contribution in [0.3, 0.4) is 0 Å². The van der Waals surface area contributed by atoms with E-state index >= 15 is 0 Å². The standard InChI is InChI=1S/C14H19FN2O2S/c1-14(8-18,9-3-4-9)17-13(19)16-10-5-6-12(20-2)11(15)7-10/h5-7,9,18H,3-4,8H2,1-2H3,(H2,16,17,19)/t14-/m1/s1. The Kier molecular flexibility index (Phi) is 4.55. The predicted octanol–water partition coefficient (Wildman–Crippen LogP) is 2.83. The number of halogens is 1. The fourth-order valence-corrected chi connectivity index (χ4v) is 2.62. The van der Waals surface area contributed by atoms with Crippen LogP contribution >= 0.6 is 11.8 Å². The van der Waals surface area contributed by atoms with Crippen LogP contribution in [0.15, 0.2) is 23.1 Å². The van der Waals surface area contributed by atoms with Gasteiger partial charge in [0.25, 0.3) is 0 Å². The second kappa shape index (κ2) is 6.01. The van der Waals surface area contributed by atoms with Gasteiger partial charge in [-0.15, -0.1) is 11.8 Å². The van der Waals surface area contributed by atoms with E-state index in [2.05, 4.69) is 10.6 Å². The molecule has 1 aromatic rings. The fourth-order valence-electron chi connectivity index (χ4n) is 2.16. The smallest absolute Gasteiger partial charge is 0.319 e. The lowest BCUT2D eigenvalue weighted by atomic mass is 9.97. The molecule has 110 valence electrons. The number of aliphatic hydroxyl groups is 1. The highest BCUT2D eigenvalue weighted by atomic mass is 32.2. The number of benzene rings is 1. The molecule has 0 saturated heterocycles. The third-order valence-corrected chi connectivity index (χ3v) is 4.39. The van der Waals surface area contributed by atoms with Crippen molar-refractivity contribution in [3.8, 4) is 0 Å². The van der Waals surface area contributed by atoms with Gasteiger partial charge in [-0.3, -0.25) is 0 Å². The summed E-state index contributed by atoms with van der Waals surface area (Å²) in [5.41, 5.74) is -0.212. The Bertz CT molecular complexity index is 508. The van der Waals surface area contributed by atoms with Crippen molar-refractivity contribution in [3.05, 3.63) is 24.0 Å². The summed E-state index contributed by atoms with van der Waals surface area (Å²) in [5.74, 6) is -0.0451. The Morgan fingerprint density at radius 1 is 1.55 bits per heavy atom. The number of rotatable bonds is 5. The second-order valence-corrected chi connectivity index (χ2v) is 6.13. The molecule has 1 aliphatic carbocycles. The molecule has 0 radical (unpaired) electrons. The number of carbonyl (C=O) groups excluding carboxylic acids is 1. The van der Waals surface area contributed by atoms with E-state index in [1.807, 2.05) is 6.92 Å². The van der Waals surface area contributed by atoms with E-state index < -0.39 is 11.6 Å². The summed E-state index contributed by atoms with van der Waals surface area (Å²) < 4.78 is 13.6. The van der Waals surface area contributed by atoms with Crippen molar-refractivity contribution in [2.24, 2.45) is 5.92 Å². The van der Waals surface area contributed by atoms with Crippen molar-refractivity contribution < 1.29 is 14.3 Å². The van der Waals surface area contributed by atoms with Gasteiger partial charge in [-0.25, -0.2) is 9.18 Å². The summed E-state index contributed by atoms with van der Waals surface area (Å²) in [7, 11) is 0. The monoisotopic (exact) mass is 298 g/mol. The third-order valence-electron chi connectivity index (χ3n) is 3.62. The molecule has 0 heterocycles. The minimum absolute atomic E-state index is 0.106. The first-order chi connectivity index (χ1) is 9.48. The van der Waals surface area contributed by atoms with E-state index in [4.69, 9.17) is 0 Å². The molecular formula is C14H19FN2O2S. The van der Waals surface area contributed by atoms with Crippen molar-refractivity contribution in [2.45, 2.75) is 30.2 Å². The lowest BCUT2D eigenvalue weighted by Crippen LogP contribution is -2.52. The Hall–Kier alpha value is -1.27. The number of hydrogen-bond donors (Lipinski definition) is 3. The third kappa shape index (κ3) is 3.43. The minimum Gasteiger partial charge on any atom is -0.394 e. The summed E-state index contributed by atoms with van der Waals surface area (Å²) in [5, 5.41) is 14.8. The number of hydrogen-bond acceptors (Lipinski definition) is 3. The van der Waals surface area contributed by atoms with Gasteiger partial charge in [0.2, 0.25) is 0 Å². The number of amides is 2. The molecule has 6 heteroatoms. The summed E-state index contributed by atoms with van der Waals surface area (Å²) in [6, 6.07) is 4.15. The maximum absolute atomic E-state index is 13.6. The number of nitrogens with one attached hydrogen (secondary N) is 2. The highest BCUT2D eigenvalue weighted by Crippen LogP contribution is 2.39. The number of thioether (sulfide) groups is 1. The first-order valence-corrected chi connectivity index (χ1v) is 7.74. The lowest BCUT2D eigenvalue weighted by Gasteiger charge is -2.28. The molecule has 3 N–H and O–H groups in total. The lowest BCUT2D eigenvalue weighted by molar-refractivity contribution is 0.159. The fraction of sp³-hybridized carbons (Fsp3) is 0.500. The maximum atomic E-state index is 13.6. The topological polar surface area (TPSA) is 61.4 Å². The Morgan fingerprint density at radius 2 is 2.25 bits per heavy atom. The average Bonchev–Trinajstić information content (AvgIpc) is 3.23. The van der Waals surface area contributed by atoms with Crippen LogP contribution in [-0.2, 0) is 0 Å². The van der Waals surface area contributed by atoms with Crippen LogP contribution in [0.2, 0.25) is 0 Å². The van der Waals surface area contributed by atoms with E-state index in [9.17, 15) is 14.3 Å². The highest BCUT2D eigenvalue weighted by Gasteiger charge is 2.42. The van der Waals surface area contributed by atoms with E-state index in [0.717, 1.165) is 12.8 Å². The zero-order chi connectivity index (χ0) is 14.8. The molecule has 1 atom stereocenters. The molecule has 20 heavy (non-hydrogen) atoms. The van der Waals surface area contributed by atoms with Crippen LogP contribution in [0.25, 0.3) is 0 Å². The number of aliphatic hydroxyl groups excluding tert-OH is 1. The van der Waals surface area contributed by atoms with Crippen LogP contribution in [0.1, 0.15) is 19.8 Å². The zero-order valence-corrected chi connectivity index (χ0v) is 12.4. The van der Waals surface area contributed by atoms with Crippen LogP contribution in [0, 0.1) is 11.7 Å². The maximum Gasteiger partial charge on any atom is 0.319 e. The minimum atomic E-state index is -0.609. The molecule has 1 aliphatic rings. The molecule has 0 aromatic heterocycles. The van der Waals surface area contributed by atoms with Crippen LogP contribution in [0.5, 0.6) is 0 Å².